The van der Waals surface area contributed by atoms with Crippen LogP contribution in [-0.2, 0) is 9.59 Å². The number of rotatable bonds is 4. The molecular weight excluding hydrogens is 346 g/mol. The van der Waals surface area contributed by atoms with Gasteiger partial charge in [-0.1, -0.05) is 19.1 Å². The van der Waals surface area contributed by atoms with Crippen LogP contribution in [0.3, 0.4) is 0 Å². The lowest BCUT2D eigenvalue weighted by atomic mass is 10.1. The topological polar surface area (TPSA) is 49.4 Å². The van der Waals surface area contributed by atoms with Crippen LogP contribution in [0.1, 0.15) is 24.3 Å². The molecule has 1 N–H and O–H groups in total. The summed E-state index contributed by atoms with van der Waals surface area (Å²) in [5, 5.41) is 2.27. The molecule has 4 nitrogen and oxygen atoms in total. The van der Waals surface area contributed by atoms with Gasteiger partial charge in [0.2, 0.25) is 11.8 Å². The van der Waals surface area contributed by atoms with Gasteiger partial charge in [0.05, 0.1) is 11.4 Å². The largest absolute Gasteiger partial charge is 0.326 e. The fourth-order valence-corrected chi connectivity index (χ4v) is 3.78. The first-order valence-corrected chi connectivity index (χ1v) is 8.83. The van der Waals surface area contributed by atoms with Crippen molar-refractivity contribution in [3.05, 3.63) is 59.7 Å². The average Bonchev–Trinajstić information content (AvgIpc) is 2.98. The molecule has 1 aliphatic rings. The third-order valence-corrected chi connectivity index (χ3v) is 5.02. The van der Waals surface area contributed by atoms with E-state index >= 15 is 0 Å². The molecule has 2 aromatic carbocycles. The van der Waals surface area contributed by atoms with E-state index in [9.17, 15) is 18.4 Å². The van der Waals surface area contributed by atoms with Gasteiger partial charge < -0.3 is 5.32 Å². The quantitative estimate of drug-likeness (QED) is 0.891. The third-order valence-electron chi connectivity index (χ3n) is 3.81. The predicted molar refractivity (Wildman–Crippen MR) is 94.4 cm³/mol. The molecule has 1 atom stereocenters. The zero-order valence-electron chi connectivity index (χ0n) is 13.5. The number of benzene rings is 2. The first kappa shape index (κ1) is 17.4. The standard InChI is InChI=1S/C18H16F2N2O2S/c1-2-16(23)21-13-5-3-4-11(8-13)18-22(17(24)10-25-18)15-9-12(19)6-7-14(15)20/h3-9,18H,2,10H2,1H3,(H,21,23)/t18-/m1/s1. The molecule has 0 spiro atoms. The first-order valence-electron chi connectivity index (χ1n) is 7.78. The predicted octanol–water partition coefficient (Wildman–Crippen LogP) is 4.09. The van der Waals surface area contributed by atoms with Crippen LogP contribution in [0.5, 0.6) is 0 Å². The van der Waals surface area contributed by atoms with Gasteiger partial charge in [-0.2, -0.15) is 0 Å². The molecular formula is C18H16F2N2O2S. The van der Waals surface area contributed by atoms with Crippen molar-refractivity contribution < 1.29 is 18.4 Å². The summed E-state index contributed by atoms with van der Waals surface area (Å²) < 4.78 is 27.7. The maximum atomic E-state index is 14.2. The van der Waals surface area contributed by atoms with Gasteiger partial charge in [0.1, 0.15) is 17.0 Å². The Morgan fingerprint density at radius 1 is 1.28 bits per heavy atom. The van der Waals surface area contributed by atoms with Crippen LogP contribution in [0.25, 0.3) is 0 Å². The summed E-state index contributed by atoms with van der Waals surface area (Å²) in [5.41, 5.74) is 1.25. The zero-order valence-corrected chi connectivity index (χ0v) is 14.3. The Morgan fingerprint density at radius 3 is 2.84 bits per heavy atom. The van der Waals surface area contributed by atoms with Crippen LogP contribution in [0.15, 0.2) is 42.5 Å². The second-order valence-corrected chi connectivity index (χ2v) is 6.62. The molecule has 3 rings (SSSR count). The maximum Gasteiger partial charge on any atom is 0.238 e. The minimum atomic E-state index is -0.655. The monoisotopic (exact) mass is 362 g/mol. The summed E-state index contributed by atoms with van der Waals surface area (Å²) in [6, 6.07) is 10.1. The number of thioether (sulfide) groups is 1. The molecule has 0 aliphatic carbocycles. The fourth-order valence-electron chi connectivity index (χ4n) is 2.62. The smallest absolute Gasteiger partial charge is 0.238 e. The van der Waals surface area contributed by atoms with Gasteiger partial charge in [-0.05, 0) is 29.8 Å². The van der Waals surface area contributed by atoms with Crippen molar-refractivity contribution >= 4 is 35.0 Å². The molecule has 0 radical (unpaired) electrons. The van der Waals surface area contributed by atoms with E-state index in [1.165, 1.54) is 16.7 Å². The number of halogens is 2. The average molecular weight is 362 g/mol. The molecule has 1 fully saturated rings. The molecule has 0 bridgehead atoms. The van der Waals surface area contributed by atoms with Crippen molar-refractivity contribution in [3.63, 3.8) is 0 Å². The highest BCUT2D eigenvalue weighted by Crippen LogP contribution is 2.43. The van der Waals surface area contributed by atoms with E-state index in [0.717, 1.165) is 23.8 Å². The van der Waals surface area contributed by atoms with E-state index in [0.29, 0.717) is 12.1 Å². The van der Waals surface area contributed by atoms with Crippen LogP contribution < -0.4 is 10.2 Å². The van der Waals surface area contributed by atoms with E-state index < -0.39 is 17.0 Å². The molecule has 1 aliphatic heterocycles. The minimum Gasteiger partial charge on any atom is -0.326 e. The van der Waals surface area contributed by atoms with Crippen molar-refractivity contribution in [2.24, 2.45) is 0 Å². The molecule has 25 heavy (non-hydrogen) atoms. The summed E-state index contributed by atoms with van der Waals surface area (Å²) >= 11 is 1.33. The summed E-state index contributed by atoms with van der Waals surface area (Å²) in [6.45, 7) is 1.75. The number of amides is 2. The lowest BCUT2D eigenvalue weighted by molar-refractivity contribution is -0.116. The van der Waals surface area contributed by atoms with Crippen LogP contribution in [0.2, 0.25) is 0 Å². The highest BCUT2D eigenvalue weighted by Gasteiger charge is 2.35. The maximum absolute atomic E-state index is 14.2. The van der Waals surface area contributed by atoms with Gasteiger partial charge in [0.25, 0.3) is 0 Å². The van der Waals surface area contributed by atoms with Crippen molar-refractivity contribution in [3.8, 4) is 0 Å². The highest BCUT2D eigenvalue weighted by molar-refractivity contribution is 8.00. The number of nitrogens with zero attached hydrogens (tertiary/aromatic N) is 1. The molecule has 7 heteroatoms. The highest BCUT2D eigenvalue weighted by atomic mass is 32.2. The summed E-state index contributed by atoms with van der Waals surface area (Å²) in [7, 11) is 0. The van der Waals surface area contributed by atoms with Gasteiger partial charge in [-0.25, -0.2) is 8.78 Å². The van der Waals surface area contributed by atoms with Crippen LogP contribution in [0.4, 0.5) is 20.2 Å². The second-order valence-electron chi connectivity index (χ2n) is 5.55. The number of hydrogen-bond acceptors (Lipinski definition) is 3. The van der Waals surface area contributed by atoms with Crippen LogP contribution in [-0.4, -0.2) is 17.6 Å². The summed E-state index contributed by atoms with van der Waals surface area (Å²) in [4.78, 5) is 25.1. The Balaban J connectivity index is 1.96. The number of carbonyl (C=O) groups is 2. The molecule has 2 aromatic rings. The van der Waals surface area contributed by atoms with Gasteiger partial charge >= 0.3 is 0 Å². The van der Waals surface area contributed by atoms with Gasteiger partial charge in [-0.15, -0.1) is 11.8 Å². The van der Waals surface area contributed by atoms with E-state index in [1.807, 2.05) is 0 Å². The Labute approximate surface area is 148 Å². The second kappa shape index (κ2) is 7.23. The molecule has 0 aromatic heterocycles. The SMILES string of the molecule is CCC(=O)Nc1cccc([C@H]2SCC(=O)N2c2cc(F)ccc2F)c1. The number of nitrogens with one attached hydrogen (secondary N) is 1. The van der Waals surface area contributed by atoms with Crippen molar-refractivity contribution in [1.29, 1.82) is 0 Å². The molecule has 0 saturated carbocycles. The number of carbonyl (C=O) groups excluding carboxylic acids is 2. The number of hydrogen-bond donors (Lipinski definition) is 1. The molecule has 130 valence electrons. The van der Waals surface area contributed by atoms with Gasteiger partial charge in [0.15, 0.2) is 0 Å². The van der Waals surface area contributed by atoms with E-state index in [1.54, 1.807) is 31.2 Å². The van der Waals surface area contributed by atoms with Crippen LogP contribution in [0, 0.1) is 11.6 Å². The fraction of sp³-hybridized carbons (Fsp3) is 0.222. The third kappa shape index (κ3) is 3.66. The summed E-state index contributed by atoms with van der Waals surface area (Å²) in [5.74, 6) is -1.50. The lowest BCUT2D eigenvalue weighted by Gasteiger charge is -2.25. The van der Waals surface area contributed by atoms with E-state index in [-0.39, 0.29) is 23.3 Å². The van der Waals surface area contributed by atoms with E-state index in [4.69, 9.17) is 0 Å². The first-order chi connectivity index (χ1) is 12.0. The Bertz CT molecular complexity index is 828. The molecule has 2 amide bonds. The Morgan fingerprint density at radius 2 is 2.08 bits per heavy atom. The normalized spacial score (nSPS) is 17.0. The Hall–Kier alpha value is -2.41. The number of anilines is 2. The van der Waals surface area contributed by atoms with Crippen molar-refractivity contribution in [2.75, 3.05) is 16.0 Å². The van der Waals surface area contributed by atoms with Gasteiger partial charge in [0, 0.05) is 18.2 Å². The summed E-state index contributed by atoms with van der Waals surface area (Å²) in [6.07, 6.45) is 0.349. The van der Waals surface area contributed by atoms with E-state index in [2.05, 4.69) is 5.32 Å². The van der Waals surface area contributed by atoms with Gasteiger partial charge in [-0.3, -0.25) is 14.5 Å². The molecule has 0 unspecified atom stereocenters. The minimum absolute atomic E-state index is 0.0806. The Kier molecular flexibility index (Phi) is 5.03. The zero-order chi connectivity index (χ0) is 18.0. The molecule has 1 saturated heterocycles. The van der Waals surface area contributed by atoms with Crippen molar-refractivity contribution in [2.45, 2.75) is 18.7 Å². The molecule has 1 heterocycles. The van der Waals surface area contributed by atoms with Crippen LogP contribution >= 0.6 is 11.8 Å². The lowest BCUT2D eigenvalue weighted by Crippen LogP contribution is -2.28. The van der Waals surface area contributed by atoms with Crippen molar-refractivity contribution in [1.82, 2.24) is 0 Å².